The Hall–Kier alpha value is -3.08. The van der Waals surface area contributed by atoms with E-state index < -0.39 is 11.7 Å². The molecular weight excluding hydrogens is 410 g/mol. The molecule has 0 saturated heterocycles. The number of hydrogen-bond donors (Lipinski definition) is 0. The van der Waals surface area contributed by atoms with Crippen molar-refractivity contribution < 1.29 is 14.3 Å². The highest BCUT2D eigenvalue weighted by Crippen LogP contribution is 2.44. The normalized spacial score (nSPS) is 14.6. The number of aryl methyl sites for hydroxylation is 1. The Morgan fingerprint density at radius 1 is 1.06 bits per heavy atom. The Morgan fingerprint density at radius 2 is 1.79 bits per heavy atom. The highest BCUT2D eigenvalue weighted by molar-refractivity contribution is 6.08. The number of ether oxygens (including phenoxy) is 2. The monoisotopic (exact) mass is 439 g/mol. The first-order chi connectivity index (χ1) is 15.7. The van der Waals surface area contributed by atoms with Gasteiger partial charge >= 0.3 is 0 Å². The summed E-state index contributed by atoms with van der Waals surface area (Å²) in [6, 6.07) is 16.8. The van der Waals surface area contributed by atoms with Crippen LogP contribution in [0.3, 0.4) is 0 Å². The molecule has 1 atom stereocenters. The number of benzene rings is 3. The summed E-state index contributed by atoms with van der Waals surface area (Å²) >= 11 is 0. The summed E-state index contributed by atoms with van der Waals surface area (Å²) in [5.74, 6) is -0.00588. The van der Waals surface area contributed by atoms with Crippen LogP contribution in [0.25, 0.3) is 32.8 Å². The van der Waals surface area contributed by atoms with Gasteiger partial charge in [-0.3, -0.25) is 9.78 Å². The van der Waals surface area contributed by atoms with Gasteiger partial charge in [-0.2, -0.15) is 0 Å². The molecule has 4 heteroatoms. The van der Waals surface area contributed by atoms with Gasteiger partial charge in [0.1, 0.15) is 6.10 Å². The molecule has 33 heavy (non-hydrogen) atoms. The lowest BCUT2D eigenvalue weighted by Crippen LogP contribution is -2.27. The fraction of sp³-hybridized carbons (Fsp3) is 0.310. The molecule has 0 unspecified atom stereocenters. The van der Waals surface area contributed by atoms with Crippen molar-refractivity contribution in [3.05, 3.63) is 77.0 Å². The second-order valence-corrected chi connectivity index (χ2v) is 9.88. The Balaban J connectivity index is 1.90. The van der Waals surface area contributed by atoms with Crippen LogP contribution < -0.4 is 0 Å². The molecule has 3 aromatic carbocycles. The van der Waals surface area contributed by atoms with Crippen LogP contribution in [0.4, 0.5) is 0 Å². The molecule has 1 aromatic heterocycles. The van der Waals surface area contributed by atoms with Gasteiger partial charge in [-0.1, -0.05) is 42.5 Å². The van der Waals surface area contributed by atoms with Crippen molar-refractivity contribution in [2.45, 2.75) is 59.5 Å². The van der Waals surface area contributed by atoms with Crippen LogP contribution in [-0.2, 0) is 27.5 Å². The van der Waals surface area contributed by atoms with Crippen LogP contribution >= 0.6 is 0 Å². The van der Waals surface area contributed by atoms with Crippen LogP contribution in [-0.4, -0.2) is 16.4 Å². The van der Waals surface area contributed by atoms with E-state index in [0.717, 1.165) is 55.1 Å². The molecule has 0 radical (unpaired) electrons. The van der Waals surface area contributed by atoms with E-state index in [1.807, 2.05) is 45.2 Å². The zero-order valence-corrected chi connectivity index (χ0v) is 19.9. The molecule has 4 aromatic rings. The van der Waals surface area contributed by atoms with E-state index in [1.54, 1.807) is 6.92 Å². The predicted octanol–water partition coefficient (Wildman–Crippen LogP) is 6.84. The van der Waals surface area contributed by atoms with Gasteiger partial charge in [0.25, 0.3) is 0 Å². The van der Waals surface area contributed by atoms with Gasteiger partial charge in [0.2, 0.25) is 0 Å². The highest BCUT2D eigenvalue weighted by atomic mass is 16.5. The number of fused-ring (bicyclic) bond motifs is 1. The van der Waals surface area contributed by atoms with E-state index in [9.17, 15) is 4.79 Å². The van der Waals surface area contributed by atoms with Gasteiger partial charge in [0.15, 0.2) is 5.78 Å². The van der Waals surface area contributed by atoms with E-state index in [2.05, 4.69) is 37.3 Å². The topological polar surface area (TPSA) is 48.4 Å². The number of carbonyl (C=O) groups is 1. The molecular formula is C29H29NO3. The van der Waals surface area contributed by atoms with Crippen LogP contribution in [0.2, 0.25) is 0 Å². The maximum absolute atomic E-state index is 13.0. The molecule has 0 amide bonds. The molecule has 0 saturated carbocycles. The van der Waals surface area contributed by atoms with Crippen molar-refractivity contribution in [3.63, 3.8) is 0 Å². The van der Waals surface area contributed by atoms with Gasteiger partial charge in [0, 0.05) is 17.1 Å². The Kier molecular flexibility index (Phi) is 5.31. The van der Waals surface area contributed by atoms with E-state index in [4.69, 9.17) is 14.5 Å². The largest absolute Gasteiger partial charge is 0.372 e. The number of hydrogen-bond acceptors (Lipinski definition) is 4. The molecule has 0 bridgehead atoms. The SMILES string of the molecule is CC(=O)[C@@H](OC(C)(C)C)c1c(C)cc2ccccc2c1-c1ccc2c3c(ccnc13)COC2. The first kappa shape index (κ1) is 21.7. The Morgan fingerprint density at radius 3 is 2.52 bits per heavy atom. The van der Waals surface area contributed by atoms with Crippen molar-refractivity contribution >= 4 is 27.5 Å². The number of Topliss-reactive ketones (excluding diaryl/α,β-unsaturated/α-hetero) is 1. The molecule has 5 rings (SSSR count). The Labute approximate surface area is 194 Å². The smallest absolute Gasteiger partial charge is 0.163 e. The lowest BCUT2D eigenvalue weighted by atomic mass is 9.84. The summed E-state index contributed by atoms with van der Waals surface area (Å²) in [6.45, 7) is 10.8. The molecule has 1 aliphatic heterocycles. The number of rotatable bonds is 4. The fourth-order valence-electron chi connectivity index (χ4n) is 4.95. The van der Waals surface area contributed by atoms with Gasteiger partial charge < -0.3 is 9.47 Å². The minimum absolute atomic E-state index is 0.00588. The summed E-state index contributed by atoms with van der Waals surface area (Å²) in [6.07, 6.45) is 1.18. The van der Waals surface area contributed by atoms with Crippen molar-refractivity contribution in [1.29, 1.82) is 0 Å². The summed E-state index contributed by atoms with van der Waals surface area (Å²) in [4.78, 5) is 17.8. The minimum atomic E-state index is -0.668. The second-order valence-electron chi connectivity index (χ2n) is 9.88. The Bertz CT molecular complexity index is 1390. The molecule has 0 spiro atoms. The maximum atomic E-state index is 13.0. The number of aromatic nitrogens is 1. The molecule has 0 N–H and O–H groups in total. The van der Waals surface area contributed by atoms with Gasteiger partial charge in [-0.05, 0) is 79.3 Å². The third kappa shape index (κ3) is 3.84. The standard InChI is InChI=1S/C29H29NO3/c1-17-14-19-8-6-7-9-22(19)26(24(17)28(18(2)31)33-29(3,4)5)23-11-10-20-15-32-16-21-12-13-30-27(23)25(20)21/h6-14,28H,15-16H2,1-5H3/t28-/m1/s1. The average molecular weight is 440 g/mol. The zero-order valence-electron chi connectivity index (χ0n) is 19.9. The summed E-state index contributed by atoms with van der Waals surface area (Å²) in [5.41, 5.74) is 6.78. The number of ketones is 1. The van der Waals surface area contributed by atoms with Gasteiger partial charge in [-0.15, -0.1) is 0 Å². The zero-order chi connectivity index (χ0) is 23.3. The van der Waals surface area contributed by atoms with Crippen LogP contribution in [0, 0.1) is 6.92 Å². The molecule has 2 heterocycles. The summed E-state index contributed by atoms with van der Waals surface area (Å²) < 4.78 is 12.2. The molecule has 4 nitrogen and oxygen atoms in total. The summed E-state index contributed by atoms with van der Waals surface area (Å²) in [5, 5.41) is 3.39. The average Bonchev–Trinajstić information content (AvgIpc) is 2.77. The highest BCUT2D eigenvalue weighted by Gasteiger charge is 2.30. The molecule has 1 aliphatic rings. The minimum Gasteiger partial charge on any atom is -0.372 e. The summed E-state index contributed by atoms with van der Waals surface area (Å²) in [7, 11) is 0. The van der Waals surface area contributed by atoms with Crippen molar-refractivity contribution in [2.75, 3.05) is 0 Å². The van der Waals surface area contributed by atoms with Crippen LogP contribution in [0.5, 0.6) is 0 Å². The van der Waals surface area contributed by atoms with E-state index >= 15 is 0 Å². The van der Waals surface area contributed by atoms with Crippen molar-refractivity contribution in [1.82, 2.24) is 4.98 Å². The molecule has 0 fully saturated rings. The number of carbonyl (C=O) groups excluding carboxylic acids is 1. The number of pyridine rings is 1. The fourth-order valence-corrected chi connectivity index (χ4v) is 4.95. The molecule has 0 aliphatic carbocycles. The predicted molar refractivity (Wildman–Crippen MR) is 132 cm³/mol. The van der Waals surface area contributed by atoms with E-state index in [1.165, 1.54) is 0 Å². The van der Waals surface area contributed by atoms with Crippen molar-refractivity contribution in [2.24, 2.45) is 0 Å². The van der Waals surface area contributed by atoms with Crippen LogP contribution in [0.1, 0.15) is 56.1 Å². The van der Waals surface area contributed by atoms with Gasteiger partial charge in [-0.25, -0.2) is 0 Å². The van der Waals surface area contributed by atoms with Gasteiger partial charge in [0.05, 0.1) is 24.3 Å². The third-order valence-corrected chi connectivity index (χ3v) is 6.25. The van der Waals surface area contributed by atoms with Crippen molar-refractivity contribution in [3.8, 4) is 11.1 Å². The van der Waals surface area contributed by atoms with Crippen LogP contribution in [0.15, 0.2) is 54.7 Å². The first-order valence-corrected chi connectivity index (χ1v) is 11.4. The number of nitrogens with zero attached hydrogens (tertiary/aromatic N) is 1. The second kappa shape index (κ2) is 8.05. The first-order valence-electron chi connectivity index (χ1n) is 11.4. The maximum Gasteiger partial charge on any atom is 0.163 e. The lowest BCUT2D eigenvalue weighted by Gasteiger charge is -2.30. The van der Waals surface area contributed by atoms with E-state index in [0.29, 0.717) is 13.2 Å². The molecule has 168 valence electrons. The van der Waals surface area contributed by atoms with E-state index in [-0.39, 0.29) is 5.78 Å². The quantitative estimate of drug-likeness (QED) is 0.349. The lowest BCUT2D eigenvalue weighted by molar-refractivity contribution is -0.138. The third-order valence-electron chi connectivity index (χ3n) is 6.25.